The summed E-state index contributed by atoms with van der Waals surface area (Å²) in [5, 5.41) is 17.2. The number of hydrogen-bond acceptors (Lipinski definition) is 24. The second-order valence-corrected chi connectivity index (χ2v) is 33.1. The number of aromatic nitrogens is 9. The van der Waals surface area contributed by atoms with Crippen LogP contribution in [0.15, 0.2) is 128 Å². The van der Waals surface area contributed by atoms with Crippen LogP contribution in [0.3, 0.4) is 0 Å². The summed E-state index contributed by atoms with van der Waals surface area (Å²) in [4.78, 5) is 67.6. The van der Waals surface area contributed by atoms with Gasteiger partial charge in [-0.1, -0.05) is 36.4 Å². The first kappa shape index (κ1) is 77.5. The number of carbonyl (C=O) groups excluding carboxylic acids is 3. The molecule has 30 heteroatoms. The van der Waals surface area contributed by atoms with Crippen molar-refractivity contribution in [2.75, 3.05) is 176 Å². The van der Waals surface area contributed by atoms with Crippen LogP contribution in [0.1, 0.15) is 70.8 Å². The number of methoxy groups -OCH3 is 3. The molecule has 9 aromatic heterocycles. The lowest BCUT2D eigenvalue weighted by atomic mass is 10.0. The summed E-state index contributed by atoms with van der Waals surface area (Å²) in [5.41, 5.74) is 31.2. The molecule has 3 atom stereocenters. The van der Waals surface area contributed by atoms with Crippen LogP contribution in [0, 0.1) is 20.8 Å². The largest absolute Gasteiger partial charge is 0.495 e. The molecule has 114 heavy (non-hydrogen) atoms. The summed E-state index contributed by atoms with van der Waals surface area (Å²) in [5.74, 6) is 4.60. The lowest BCUT2D eigenvalue weighted by molar-refractivity contribution is -0.125. The first-order valence-electron chi connectivity index (χ1n) is 38.9. The van der Waals surface area contributed by atoms with Gasteiger partial charge in [0, 0.05) is 183 Å². The Morgan fingerprint density at radius 3 is 0.965 bits per heavy atom. The quantitative estimate of drug-likeness (QED) is 0.0673. The molecule has 6 aliphatic rings. The summed E-state index contributed by atoms with van der Waals surface area (Å²) in [6, 6.07) is 25.8. The van der Waals surface area contributed by atoms with Crippen LogP contribution in [0.25, 0.3) is 78.1 Å². The van der Waals surface area contributed by atoms with Gasteiger partial charge in [-0.15, -0.1) is 34.0 Å². The fraction of sp³-hybridized carbons (Fsp3) is 0.393. The Balaban J connectivity index is 0.000000129. The van der Waals surface area contributed by atoms with E-state index in [-0.39, 0.29) is 35.5 Å². The Hall–Kier alpha value is -10.4. The van der Waals surface area contributed by atoms with Gasteiger partial charge in [-0.05, 0) is 127 Å². The molecule has 3 amide bonds. The van der Waals surface area contributed by atoms with E-state index in [1.807, 2.05) is 46.5 Å². The van der Waals surface area contributed by atoms with Crippen LogP contribution in [0.5, 0.6) is 17.2 Å². The molecule has 6 N–H and O–H groups in total. The number of nitrogens with two attached hydrogens (primary N) is 3. The highest BCUT2D eigenvalue weighted by atomic mass is 32.1. The Labute approximate surface area is 672 Å². The summed E-state index contributed by atoms with van der Waals surface area (Å²) in [6.45, 7) is 22.6. The Morgan fingerprint density at radius 1 is 0.412 bits per heavy atom. The van der Waals surface area contributed by atoms with E-state index in [0.717, 1.165) is 247 Å². The number of aryl methyl sites for hydroxylation is 3. The van der Waals surface area contributed by atoms with E-state index in [1.165, 1.54) is 19.0 Å². The number of fused-ring (bicyclic) bond motifs is 6. The van der Waals surface area contributed by atoms with Crippen molar-refractivity contribution in [1.29, 1.82) is 0 Å². The highest BCUT2D eigenvalue weighted by Crippen LogP contribution is 2.48. The maximum Gasteiger partial charge on any atom is 0.246 e. The van der Waals surface area contributed by atoms with Gasteiger partial charge in [0.25, 0.3) is 0 Å². The van der Waals surface area contributed by atoms with Crippen LogP contribution >= 0.6 is 34.0 Å². The van der Waals surface area contributed by atoms with Gasteiger partial charge in [-0.25, -0.2) is 28.5 Å². The van der Waals surface area contributed by atoms with E-state index >= 15 is 0 Å². The van der Waals surface area contributed by atoms with Gasteiger partial charge < -0.3 is 60.3 Å². The number of carbonyl (C=O) groups is 3. The molecule has 6 aliphatic heterocycles. The smallest absolute Gasteiger partial charge is 0.246 e. The topological polar surface area (TPSA) is 295 Å². The monoisotopic (exact) mass is 1600 g/mol. The number of benzene rings is 3. The summed E-state index contributed by atoms with van der Waals surface area (Å²) in [7, 11) is 5.11. The van der Waals surface area contributed by atoms with E-state index in [2.05, 4.69) is 139 Å². The molecule has 15 heterocycles. The molecule has 594 valence electrons. The second-order valence-electron chi connectivity index (χ2n) is 29.9. The molecule has 12 aromatic rings. The fourth-order valence-corrected chi connectivity index (χ4v) is 20.0. The second kappa shape index (κ2) is 34.3. The number of hydrogen-bond donors (Lipinski definition) is 3. The third-order valence-corrected chi connectivity index (χ3v) is 26.0. The molecule has 3 aromatic carbocycles. The highest BCUT2D eigenvalue weighted by molar-refractivity contribution is 7.23. The summed E-state index contributed by atoms with van der Waals surface area (Å²) >= 11 is 5.04. The van der Waals surface area contributed by atoms with Crippen LogP contribution < -0.4 is 31.4 Å². The maximum atomic E-state index is 12.9. The van der Waals surface area contributed by atoms with Gasteiger partial charge in [0.1, 0.15) is 52.8 Å². The number of rotatable bonds is 18. The lowest BCUT2D eigenvalue weighted by Gasteiger charge is -2.25. The van der Waals surface area contributed by atoms with Gasteiger partial charge >= 0.3 is 0 Å². The third kappa shape index (κ3) is 16.4. The Morgan fingerprint density at radius 2 is 0.693 bits per heavy atom. The molecule has 6 fully saturated rings. The van der Waals surface area contributed by atoms with E-state index < -0.39 is 0 Å². The normalized spacial score (nSPS) is 18.8. The average Bonchev–Trinajstić information content (AvgIpc) is 1.60. The first-order chi connectivity index (χ1) is 55.5. The zero-order chi connectivity index (χ0) is 78.7. The number of nitrogen functional groups attached to an aromatic ring is 3. The minimum Gasteiger partial charge on any atom is -0.495 e. The standard InChI is InChI=1S/3C28H32N6O3S/c3*1-18-12-20-14-24(38-27(20)23(13-18)36-2)21-15-22(34-26(21)28(29)30-17-31-34)19-5-7-33(16-19)25(35)4-3-6-32-8-10-37-11-9-32/h3*3-4,12-15,17,19H,5-11,16H2,1-2H3,(H2,29,30,31)/b3*4-3+/t2*19-;/m10./s1. The summed E-state index contributed by atoms with van der Waals surface area (Å²) < 4.78 is 42.2. The SMILES string of the molecule is COc1cc(C)cc2cc(-c3cc(C4CCN(C(=O)/C=C/CN5CCOCC5)C4)n4ncnc(N)c34)sc12.COc1cc(C)cc2cc(-c3cc([C@@H]4CCN(C(=O)/C=C/CN5CCOCC5)C4)n4ncnc(N)c34)sc12.COc1cc(C)cc2cc(-c3cc([C@H]4CCN(C(=O)/C=C/CN5CCOCC5)C4)n4ncnc(N)c34)sc12. The zero-order valence-electron chi connectivity index (χ0n) is 65.2. The van der Waals surface area contributed by atoms with Gasteiger partial charge in [-0.3, -0.25) is 29.1 Å². The van der Waals surface area contributed by atoms with Crippen molar-refractivity contribution in [1.82, 2.24) is 73.2 Å². The number of amides is 3. The summed E-state index contributed by atoms with van der Waals surface area (Å²) in [6.07, 6.45) is 18.2. The molecule has 6 saturated heterocycles. The average molecular weight is 1600 g/mol. The number of thiophene rings is 3. The predicted molar refractivity (Wildman–Crippen MR) is 450 cm³/mol. The fourth-order valence-electron chi connectivity index (χ4n) is 16.5. The van der Waals surface area contributed by atoms with Gasteiger partial charge in [0.15, 0.2) is 17.5 Å². The first-order valence-corrected chi connectivity index (χ1v) is 41.4. The van der Waals surface area contributed by atoms with Crippen molar-refractivity contribution < 1.29 is 42.8 Å². The zero-order valence-corrected chi connectivity index (χ0v) is 67.6. The molecule has 0 aliphatic carbocycles. The number of likely N-dealkylation sites (tertiary alicyclic amines) is 3. The van der Waals surface area contributed by atoms with E-state index in [0.29, 0.717) is 56.7 Å². The molecule has 0 spiro atoms. The molecule has 0 radical (unpaired) electrons. The van der Waals surface area contributed by atoms with E-state index in [9.17, 15) is 14.4 Å². The molecular weight excluding hydrogens is 1500 g/mol. The van der Waals surface area contributed by atoms with Crippen LogP contribution in [0.4, 0.5) is 17.5 Å². The number of nitrogens with zero attached hydrogens (tertiary/aromatic N) is 15. The minimum atomic E-state index is 0.0583. The van der Waals surface area contributed by atoms with E-state index in [4.69, 9.17) is 45.6 Å². The van der Waals surface area contributed by atoms with Gasteiger partial charge in [0.2, 0.25) is 17.7 Å². The van der Waals surface area contributed by atoms with Crippen molar-refractivity contribution in [3.05, 3.63) is 162 Å². The Kier molecular flexibility index (Phi) is 23.4. The number of anilines is 3. The van der Waals surface area contributed by atoms with Crippen molar-refractivity contribution in [2.45, 2.75) is 57.8 Å². The molecule has 1 unspecified atom stereocenters. The predicted octanol–water partition coefficient (Wildman–Crippen LogP) is 11.1. The molecule has 27 nitrogen and oxygen atoms in total. The molecule has 0 saturated carbocycles. The van der Waals surface area contributed by atoms with Crippen molar-refractivity contribution in [3.63, 3.8) is 0 Å². The maximum absolute atomic E-state index is 12.9. The Bertz CT molecular complexity index is 5100. The molecule has 0 bridgehead atoms. The lowest BCUT2D eigenvalue weighted by Crippen LogP contribution is -2.36. The van der Waals surface area contributed by atoms with Crippen molar-refractivity contribution in [3.8, 4) is 48.6 Å². The molecular formula is C84H96N18O9S3. The van der Waals surface area contributed by atoms with Gasteiger partial charge in [-0.2, -0.15) is 15.3 Å². The third-order valence-electron chi connectivity index (χ3n) is 22.4. The van der Waals surface area contributed by atoms with Gasteiger partial charge in [0.05, 0.1) is 75.1 Å². The van der Waals surface area contributed by atoms with E-state index in [1.54, 1.807) is 73.6 Å². The minimum absolute atomic E-state index is 0.0583. The molecule has 18 rings (SSSR count). The van der Waals surface area contributed by atoms with Crippen molar-refractivity contribution >= 4 is 116 Å². The van der Waals surface area contributed by atoms with Crippen molar-refractivity contribution in [2.24, 2.45) is 0 Å². The van der Waals surface area contributed by atoms with Crippen LogP contribution in [-0.4, -0.2) is 250 Å². The number of ether oxygens (including phenoxy) is 6. The van der Waals surface area contributed by atoms with Crippen LogP contribution in [0.2, 0.25) is 0 Å². The number of morpholine rings is 3. The van der Waals surface area contributed by atoms with Crippen LogP contribution in [-0.2, 0) is 28.6 Å². The highest BCUT2D eigenvalue weighted by Gasteiger charge is 2.35.